The number of nitrogens with zero attached hydrogens (tertiary/aromatic N) is 1. The molecule has 4 unspecified atom stereocenters. The van der Waals surface area contributed by atoms with E-state index in [0.717, 1.165) is 12.3 Å². The quantitative estimate of drug-likeness (QED) is 0.869. The fourth-order valence-corrected chi connectivity index (χ4v) is 5.62. The molecule has 3 rings (SSSR count). The molecule has 110 valence electrons. The molecule has 0 spiro atoms. The van der Waals surface area contributed by atoms with Crippen LogP contribution >= 0.6 is 11.6 Å². The highest BCUT2D eigenvalue weighted by molar-refractivity contribution is 7.89. The minimum Gasteiger partial charge on any atom is -0.243 e. The van der Waals surface area contributed by atoms with Crippen LogP contribution in [0, 0.1) is 17.8 Å². The van der Waals surface area contributed by atoms with E-state index in [1.54, 1.807) is 6.07 Å². The van der Waals surface area contributed by atoms with Gasteiger partial charge in [-0.3, -0.25) is 0 Å². The molecule has 4 nitrogen and oxygen atoms in total. The van der Waals surface area contributed by atoms with Crippen molar-refractivity contribution in [3.8, 4) is 0 Å². The van der Waals surface area contributed by atoms with Gasteiger partial charge in [0.1, 0.15) is 10.0 Å². The Balaban J connectivity index is 1.75. The van der Waals surface area contributed by atoms with Gasteiger partial charge in [0.05, 0.1) is 0 Å². The molecule has 1 aromatic rings. The lowest BCUT2D eigenvalue weighted by molar-refractivity contribution is 0.280. The molecule has 0 amide bonds. The third kappa shape index (κ3) is 2.59. The van der Waals surface area contributed by atoms with Crippen LogP contribution in [0.15, 0.2) is 23.2 Å². The van der Waals surface area contributed by atoms with Crippen LogP contribution in [0.3, 0.4) is 0 Å². The van der Waals surface area contributed by atoms with E-state index < -0.39 is 10.0 Å². The maximum Gasteiger partial charge on any atom is 0.243 e. The van der Waals surface area contributed by atoms with Crippen molar-refractivity contribution >= 4 is 21.6 Å². The molecule has 20 heavy (non-hydrogen) atoms. The minimum atomic E-state index is -3.59. The van der Waals surface area contributed by atoms with Crippen molar-refractivity contribution in [2.24, 2.45) is 17.8 Å². The number of nitrogens with one attached hydrogen (secondary N) is 1. The Hall–Kier alpha value is -0.650. The first-order valence-corrected chi connectivity index (χ1v) is 8.96. The third-order valence-corrected chi connectivity index (χ3v) is 6.79. The van der Waals surface area contributed by atoms with E-state index in [9.17, 15) is 8.42 Å². The molecule has 0 radical (unpaired) electrons. The molecule has 0 aromatic carbocycles. The van der Waals surface area contributed by atoms with Crippen LogP contribution in [-0.4, -0.2) is 19.4 Å². The second-order valence-corrected chi connectivity index (χ2v) is 8.08. The van der Waals surface area contributed by atoms with Crippen molar-refractivity contribution < 1.29 is 8.42 Å². The van der Waals surface area contributed by atoms with Gasteiger partial charge in [-0.05, 0) is 56.1 Å². The van der Waals surface area contributed by atoms with Gasteiger partial charge in [0.15, 0.2) is 0 Å². The highest BCUT2D eigenvalue weighted by Crippen LogP contribution is 2.49. The van der Waals surface area contributed by atoms with Crippen LogP contribution in [-0.2, 0) is 10.0 Å². The summed E-state index contributed by atoms with van der Waals surface area (Å²) in [5.74, 6) is 1.94. The average Bonchev–Trinajstić information content (AvgIpc) is 3.00. The maximum atomic E-state index is 12.4. The van der Waals surface area contributed by atoms with E-state index in [1.165, 1.54) is 31.5 Å². The largest absolute Gasteiger partial charge is 0.243 e. The number of hydrogen-bond acceptors (Lipinski definition) is 3. The second kappa shape index (κ2) is 5.28. The monoisotopic (exact) mass is 314 g/mol. The zero-order chi connectivity index (χ0) is 14.3. The molecule has 1 N–H and O–H groups in total. The van der Waals surface area contributed by atoms with Crippen molar-refractivity contribution in [3.05, 3.63) is 23.5 Å². The summed E-state index contributed by atoms with van der Waals surface area (Å²) in [5.41, 5.74) is 0. The van der Waals surface area contributed by atoms with E-state index in [4.69, 9.17) is 11.6 Å². The third-order valence-electron chi connectivity index (χ3n) is 4.79. The lowest BCUT2D eigenvalue weighted by atomic mass is 9.84. The van der Waals surface area contributed by atoms with Gasteiger partial charge in [-0.2, -0.15) is 0 Å². The Bertz CT molecular complexity index is 605. The zero-order valence-corrected chi connectivity index (χ0v) is 13.0. The van der Waals surface area contributed by atoms with Gasteiger partial charge in [0.2, 0.25) is 10.0 Å². The van der Waals surface area contributed by atoms with Gasteiger partial charge in [-0.1, -0.05) is 18.0 Å². The lowest BCUT2D eigenvalue weighted by Gasteiger charge is -2.28. The van der Waals surface area contributed by atoms with Crippen LogP contribution < -0.4 is 4.72 Å². The maximum absolute atomic E-state index is 12.4. The molecule has 0 aliphatic heterocycles. The summed E-state index contributed by atoms with van der Waals surface area (Å²) in [6.07, 6.45) is 6.46. The van der Waals surface area contributed by atoms with Gasteiger partial charge >= 0.3 is 0 Å². The highest BCUT2D eigenvalue weighted by atomic mass is 35.5. The molecular weight excluding hydrogens is 296 g/mol. The fraction of sp³-hybridized carbons (Fsp3) is 0.643. The molecule has 2 fully saturated rings. The van der Waals surface area contributed by atoms with Crippen LogP contribution in [0.5, 0.6) is 0 Å². The summed E-state index contributed by atoms with van der Waals surface area (Å²) in [4.78, 5) is 3.90. The normalized spacial score (nSPS) is 30.6. The predicted molar refractivity (Wildman–Crippen MR) is 78.0 cm³/mol. The van der Waals surface area contributed by atoms with E-state index >= 15 is 0 Å². The van der Waals surface area contributed by atoms with Crippen molar-refractivity contribution in [1.29, 1.82) is 0 Å². The summed E-state index contributed by atoms with van der Waals surface area (Å²) < 4.78 is 27.6. The molecule has 2 bridgehead atoms. The van der Waals surface area contributed by atoms with Gasteiger partial charge in [0, 0.05) is 12.2 Å². The Kier molecular flexibility index (Phi) is 3.77. The minimum absolute atomic E-state index is 0.0279. The van der Waals surface area contributed by atoms with Crippen LogP contribution in [0.1, 0.15) is 32.6 Å². The molecule has 0 saturated heterocycles. The smallest absolute Gasteiger partial charge is 0.243 e. The Labute approximate surface area is 125 Å². The number of rotatable bonds is 4. The van der Waals surface area contributed by atoms with E-state index in [2.05, 4.69) is 9.71 Å². The number of pyridine rings is 1. The first-order valence-electron chi connectivity index (χ1n) is 7.10. The first kappa shape index (κ1) is 14.3. The van der Waals surface area contributed by atoms with Gasteiger partial charge in [-0.15, -0.1) is 0 Å². The fourth-order valence-electron chi connectivity index (χ4n) is 3.87. The van der Waals surface area contributed by atoms with Crippen molar-refractivity contribution in [2.75, 3.05) is 0 Å². The Morgan fingerprint density at radius 2 is 2.20 bits per heavy atom. The van der Waals surface area contributed by atoms with Crippen molar-refractivity contribution in [3.63, 3.8) is 0 Å². The lowest BCUT2D eigenvalue weighted by Crippen LogP contribution is -2.40. The van der Waals surface area contributed by atoms with Crippen LogP contribution in [0.2, 0.25) is 5.15 Å². The number of aromatic nitrogens is 1. The van der Waals surface area contributed by atoms with Gasteiger partial charge in [-0.25, -0.2) is 18.1 Å². The molecule has 1 aromatic heterocycles. The summed E-state index contributed by atoms with van der Waals surface area (Å²) in [6, 6.07) is 3.03. The topological polar surface area (TPSA) is 59.1 Å². The van der Waals surface area contributed by atoms with E-state index in [1.807, 2.05) is 6.92 Å². The van der Waals surface area contributed by atoms with Gasteiger partial charge < -0.3 is 0 Å². The predicted octanol–water partition coefficient (Wildman–Crippen LogP) is 2.84. The zero-order valence-electron chi connectivity index (χ0n) is 11.4. The molecule has 2 aliphatic carbocycles. The Morgan fingerprint density at radius 1 is 1.40 bits per heavy atom. The van der Waals surface area contributed by atoms with E-state index in [-0.39, 0.29) is 16.1 Å². The average molecular weight is 315 g/mol. The van der Waals surface area contributed by atoms with Crippen LogP contribution in [0.25, 0.3) is 0 Å². The molecular formula is C14H19ClN2O2S. The van der Waals surface area contributed by atoms with E-state index in [0.29, 0.717) is 11.8 Å². The first-order chi connectivity index (χ1) is 9.47. The molecule has 2 aliphatic rings. The molecule has 2 saturated carbocycles. The molecule has 4 atom stereocenters. The highest BCUT2D eigenvalue weighted by Gasteiger charge is 2.42. The van der Waals surface area contributed by atoms with Crippen molar-refractivity contribution in [2.45, 2.75) is 43.5 Å². The summed E-state index contributed by atoms with van der Waals surface area (Å²) in [5, 5.41) is 0.0279. The summed E-state index contributed by atoms with van der Waals surface area (Å²) >= 11 is 5.88. The van der Waals surface area contributed by atoms with Crippen molar-refractivity contribution in [1.82, 2.24) is 9.71 Å². The molecule has 6 heteroatoms. The SMILES string of the molecule is CC(NS(=O)(=O)c1cccnc1Cl)C1CC2CCC1C2. The summed E-state index contributed by atoms with van der Waals surface area (Å²) in [6.45, 7) is 1.97. The number of sulfonamides is 1. The van der Waals surface area contributed by atoms with Crippen LogP contribution in [0.4, 0.5) is 0 Å². The standard InChI is InChI=1S/C14H19ClN2O2S/c1-9(12-8-10-4-5-11(12)7-10)17-20(18,19)13-3-2-6-16-14(13)15/h2-3,6,9-12,17H,4-5,7-8H2,1H3. The van der Waals surface area contributed by atoms with Gasteiger partial charge in [0.25, 0.3) is 0 Å². The number of fused-ring (bicyclic) bond motifs is 2. The second-order valence-electron chi connectivity index (χ2n) is 6.04. The number of halogens is 1. The molecule has 1 heterocycles. The summed E-state index contributed by atoms with van der Waals surface area (Å²) in [7, 11) is -3.59. The Morgan fingerprint density at radius 3 is 2.80 bits per heavy atom. The number of hydrogen-bond donors (Lipinski definition) is 1.